The van der Waals surface area contributed by atoms with Crippen LogP contribution in [0.15, 0.2) is 61.2 Å². The van der Waals surface area contributed by atoms with Crippen molar-refractivity contribution in [3.63, 3.8) is 0 Å². The van der Waals surface area contributed by atoms with Crippen molar-refractivity contribution in [2.45, 2.75) is 57.8 Å². The number of unbranched alkanes of at least 4 members (excludes halogenated alkanes) is 5. The number of hydrogen-bond donors (Lipinski definition) is 1. The van der Waals surface area contributed by atoms with Gasteiger partial charge < -0.3 is 5.73 Å². The van der Waals surface area contributed by atoms with Gasteiger partial charge in [-0.1, -0.05) is 61.8 Å². The van der Waals surface area contributed by atoms with Gasteiger partial charge in [0.1, 0.15) is 0 Å². The maximum Gasteiger partial charge on any atom is 0.0316 e. The molecule has 0 aliphatic rings. The third-order valence-corrected chi connectivity index (χ3v) is 3.70. The van der Waals surface area contributed by atoms with Gasteiger partial charge in [-0.05, 0) is 56.2 Å². The van der Waals surface area contributed by atoms with Gasteiger partial charge in [0.2, 0.25) is 0 Å². The fraction of sp³-hybridized carbons (Fsp3) is 0.429. The van der Waals surface area contributed by atoms with Crippen molar-refractivity contribution in [1.29, 1.82) is 0 Å². The lowest BCUT2D eigenvalue weighted by molar-refractivity contribution is 0.617. The van der Waals surface area contributed by atoms with E-state index >= 15 is 0 Å². The zero-order chi connectivity index (χ0) is 15.9. The van der Waals surface area contributed by atoms with Crippen molar-refractivity contribution >= 4 is 5.69 Å². The molecule has 1 aromatic rings. The largest absolute Gasteiger partial charge is 0.399 e. The van der Waals surface area contributed by atoms with Crippen molar-refractivity contribution < 1.29 is 0 Å². The van der Waals surface area contributed by atoms with Crippen molar-refractivity contribution in [2.75, 3.05) is 5.73 Å². The Kier molecular flexibility index (Phi) is 10.8. The van der Waals surface area contributed by atoms with Crippen LogP contribution in [-0.4, -0.2) is 0 Å². The van der Waals surface area contributed by atoms with Crippen LogP contribution in [0.1, 0.15) is 56.9 Å². The first kappa shape index (κ1) is 18.3. The summed E-state index contributed by atoms with van der Waals surface area (Å²) < 4.78 is 0. The minimum atomic E-state index is 0.878. The van der Waals surface area contributed by atoms with Gasteiger partial charge in [-0.15, -0.1) is 6.58 Å². The summed E-state index contributed by atoms with van der Waals surface area (Å²) in [6.07, 6.45) is 21.8. The van der Waals surface area contributed by atoms with Gasteiger partial charge in [-0.2, -0.15) is 0 Å². The standard InChI is InChI=1S/C21H31N/c1-2-3-4-5-6-7-8-9-10-11-12-13-14-16-20-17-15-18-21(22)19-20/h2,4-5,7-8,15,17-19H,1,3,6,9-14,16,22H2/b5-4+,8-7+. The summed E-state index contributed by atoms with van der Waals surface area (Å²) in [5.41, 5.74) is 8.03. The van der Waals surface area contributed by atoms with E-state index in [0.717, 1.165) is 24.9 Å². The fourth-order valence-corrected chi connectivity index (χ4v) is 2.45. The van der Waals surface area contributed by atoms with Crippen LogP contribution in [-0.2, 0) is 6.42 Å². The van der Waals surface area contributed by atoms with E-state index in [1.54, 1.807) is 0 Å². The average molecular weight is 297 g/mol. The van der Waals surface area contributed by atoms with Gasteiger partial charge >= 0.3 is 0 Å². The molecule has 1 rings (SSSR count). The summed E-state index contributed by atoms with van der Waals surface area (Å²) in [6, 6.07) is 8.26. The Hall–Kier alpha value is -1.76. The number of anilines is 1. The van der Waals surface area contributed by atoms with Gasteiger partial charge in [0.05, 0.1) is 0 Å². The molecular formula is C21H31N. The zero-order valence-electron chi connectivity index (χ0n) is 13.8. The molecular weight excluding hydrogens is 266 g/mol. The average Bonchev–Trinajstić information content (AvgIpc) is 2.52. The molecule has 0 saturated heterocycles. The van der Waals surface area contributed by atoms with Gasteiger partial charge in [-0.25, -0.2) is 0 Å². The summed E-state index contributed by atoms with van der Waals surface area (Å²) in [4.78, 5) is 0. The van der Waals surface area contributed by atoms with E-state index in [9.17, 15) is 0 Å². The quantitative estimate of drug-likeness (QED) is 0.276. The highest BCUT2D eigenvalue weighted by molar-refractivity contribution is 5.40. The van der Waals surface area contributed by atoms with Crippen molar-refractivity contribution in [1.82, 2.24) is 0 Å². The second kappa shape index (κ2) is 12.9. The van der Waals surface area contributed by atoms with E-state index < -0.39 is 0 Å². The lowest BCUT2D eigenvalue weighted by Gasteiger charge is -2.03. The van der Waals surface area contributed by atoms with Crippen LogP contribution in [0.2, 0.25) is 0 Å². The first-order chi connectivity index (χ1) is 10.8. The highest BCUT2D eigenvalue weighted by Crippen LogP contribution is 2.12. The first-order valence-corrected chi connectivity index (χ1v) is 8.58. The summed E-state index contributed by atoms with van der Waals surface area (Å²) in [7, 11) is 0. The number of nitrogens with two attached hydrogens (primary N) is 1. The van der Waals surface area contributed by atoms with Crippen molar-refractivity contribution in [2.24, 2.45) is 0 Å². The minimum absolute atomic E-state index is 0.878. The Morgan fingerprint density at radius 3 is 2.41 bits per heavy atom. The maximum atomic E-state index is 5.79. The van der Waals surface area contributed by atoms with E-state index in [-0.39, 0.29) is 0 Å². The number of allylic oxidation sites excluding steroid dienone is 5. The van der Waals surface area contributed by atoms with Crippen LogP contribution in [0.25, 0.3) is 0 Å². The second-order valence-electron chi connectivity index (χ2n) is 5.75. The number of rotatable bonds is 12. The normalized spacial score (nSPS) is 11.5. The molecule has 22 heavy (non-hydrogen) atoms. The van der Waals surface area contributed by atoms with Gasteiger partial charge in [0.15, 0.2) is 0 Å². The Balaban J connectivity index is 1.91. The molecule has 0 spiro atoms. The predicted molar refractivity (Wildman–Crippen MR) is 100.0 cm³/mol. The van der Waals surface area contributed by atoms with E-state index in [2.05, 4.69) is 43.0 Å². The monoisotopic (exact) mass is 297 g/mol. The molecule has 0 bridgehead atoms. The SMILES string of the molecule is C=CC/C=C/C/C=C/CCCCCCCc1cccc(N)c1. The van der Waals surface area contributed by atoms with Crippen molar-refractivity contribution in [3.05, 3.63) is 66.8 Å². The molecule has 0 aliphatic heterocycles. The lowest BCUT2D eigenvalue weighted by atomic mass is 10.0. The summed E-state index contributed by atoms with van der Waals surface area (Å²) in [5.74, 6) is 0. The molecule has 0 aromatic heterocycles. The molecule has 0 amide bonds. The zero-order valence-corrected chi connectivity index (χ0v) is 13.8. The molecule has 1 heteroatoms. The summed E-state index contributed by atoms with van der Waals surface area (Å²) in [5, 5.41) is 0. The molecule has 120 valence electrons. The van der Waals surface area contributed by atoms with Gasteiger partial charge in [0.25, 0.3) is 0 Å². The Labute approximate surface area is 136 Å². The molecule has 0 atom stereocenters. The van der Waals surface area contributed by atoms with Gasteiger partial charge in [0, 0.05) is 5.69 Å². The Morgan fingerprint density at radius 1 is 0.864 bits per heavy atom. The molecule has 0 aliphatic carbocycles. The molecule has 1 nitrogen and oxygen atoms in total. The molecule has 2 N–H and O–H groups in total. The van der Waals surface area contributed by atoms with Crippen LogP contribution in [0, 0.1) is 0 Å². The molecule has 0 unspecified atom stereocenters. The first-order valence-electron chi connectivity index (χ1n) is 8.58. The van der Waals surface area contributed by atoms with E-state index in [1.165, 1.54) is 44.1 Å². The van der Waals surface area contributed by atoms with E-state index in [0.29, 0.717) is 0 Å². The van der Waals surface area contributed by atoms with Crippen LogP contribution in [0.4, 0.5) is 5.69 Å². The molecule has 0 heterocycles. The Bertz CT molecular complexity index is 457. The number of aryl methyl sites for hydroxylation is 1. The maximum absolute atomic E-state index is 5.79. The third-order valence-electron chi connectivity index (χ3n) is 3.70. The van der Waals surface area contributed by atoms with Gasteiger partial charge in [-0.3, -0.25) is 0 Å². The summed E-state index contributed by atoms with van der Waals surface area (Å²) in [6.45, 7) is 3.70. The highest BCUT2D eigenvalue weighted by Gasteiger charge is 1.94. The number of benzene rings is 1. The van der Waals surface area contributed by atoms with E-state index in [4.69, 9.17) is 5.73 Å². The predicted octanol–water partition coefficient (Wildman–Crippen LogP) is 6.23. The van der Waals surface area contributed by atoms with Crippen LogP contribution >= 0.6 is 0 Å². The topological polar surface area (TPSA) is 26.0 Å². The molecule has 0 fully saturated rings. The summed E-state index contributed by atoms with van der Waals surface area (Å²) >= 11 is 0. The van der Waals surface area contributed by atoms with Crippen LogP contribution in [0.3, 0.4) is 0 Å². The smallest absolute Gasteiger partial charge is 0.0316 e. The van der Waals surface area contributed by atoms with Crippen LogP contribution < -0.4 is 5.73 Å². The Morgan fingerprint density at radius 2 is 1.59 bits per heavy atom. The minimum Gasteiger partial charge on any atom is -0.399 e. The number of nitrogen functional groups attached to an aromatic ring is 1. The number of hydrogen-bond acceptors (Lipinski definition) is 1. The van der Waals surface area contributed by atoms with Crippen LogP contribution in [0.5, 0.6) is 0 Å². The third kappa shape index (κ3) is 10.0. The second-order valence-corrected chi connectivity index (χ2v) is 5.75. The van der Waals surface area contributed by atoms with Crippen molar-refractivity contribution in [3.8, 4) is 0 Å². The fourth-order valence-electron chi connectivity index (χ4n) is 2.45. The molecule has 1 aromatic carbocycles. The van der Waals surface area contributed by atoms with E-state index in [1.807, 2.05) is 18.2 Å². The highest BCUT2D eigenvalue weighted by atomic mass is 14.5. The lowest BCUT2D eigenvalue weighted by Crippen LogP contribution is -1.89. The molecule has 0 radical (unpaired) electrons. The molecule has 0 saturated carbocycles.